The van der Waals surface area contributed by atoms with E-state index in [1.54, 1.807) is 31.4 Å². The van der Waals surface area contributed by atoms with E-state index < -0.39 is 17.6 Å². The summed E-state index contributed by atoms with van der Waals surface area (Å²) in [5.74, 6) is -0.424. The standard InChI is InChI=1S/C21H18F3N3O2/c1-29-12-16-11-18(25)17-10-15(7-8-19(17)26-16)27-20(28)9-4-13-2-5-14(6-3-13)21(22,23)24/h2-11H,12H2,1H3,(H2,25,26)(H,27,28)/b9-4+. The zero-order chi connectivity index (χ0) is 21.0. The maximum absolute atomic E-state index is 12.6. The van der Waals surface area contributed by atoms with E-state index in [2.05, 4.69) is 10.3 Å². The quantitative estimate of drug-likeness (QED) is 0.611. The maximum Gasteiger partial charge on any atom is 0.416 e. The molecule has 150 valence electrons. The summed E-state index contributed by atoms with van der Waals surface area (Å²) in [6.07, 6.45) is -1.71. The maximum atomic E-state index is 12.6. The molecule has 0 aliphatic carbocycles. The minimum absolute atomic E-state index is 0.341. The van der Waals surface area contributed by atoms with E-state index in [1.807, 2.05) is 0 Å². The second kappa shape index (κ2) is 8.32. The zero-order valence-electron chi connectivity index (χ0n) is 15.5. The Bertz CT molecular complexity index is 1060. The first-order valence-corrected chi connectivity index (χ1v) is 8.60. The summed E-state index contributed by atoms with van der Waals surface area (Å²) < 4.78 is 42.8. The number of pyridine rings is 1. The molecule has 0 saturated carbocycles. The van der Waals surface area contributed by atoms with Crippen LogP contribution in [0.3, 0.4) is 0 Å². The number of nitrogens with zero attached hydrogens (tertiary/aromatic N) is 1. The Morgan fingerprint density at radius 2 is 1.90 bits per heavy atom. The first-order chi connectivity index (χ1) is 13.8. The van der Waals surface area contributed by atoms with E-state index in [0.717, 1.165) is 12.1 Å². The van der Waals surface area contributed by atoms with Crippen LogP contribution >= 0.6 is 0 Å². The van der Waals surface area contributed by atoms with E-state index in [4.69, 9.17) is 10.5 Å². The molecule has 0 aliphatic heterocycles. The lowest BCUT2D eigenvalue weighted by molar-refractivity contribution is -0.137. The third-order valence-corrected chi connectivity index (χ3v) is 4.12. The zero-order valence-corrected chi connectivity index (χ0v) is 15.5. The monoisotopic (exact) mass is 401 g/mol. The fourth-order valence-electron chi connectivity index (χ4n) is 2.75. The first-order valence-electron chi connectivity index (χ1n) is 8.60. The summed E-state index contributed by atoms with van der Waals surface area (Å²) in [6, 6.07) is 11.4. The van der Waals surface area contributed by atoms with Crippen LogP contribution in [0.2, 0.25) is 0 Å². The topological polar surface area (TPSA) is 77.2 Å². The van der Waals surface area contributed by atoms with Crippen LogP contribution in [0.5, 0.6) is 0 Å². The molecule has 1 aromatic heterocycles. The Morgan fingerprint density at radius 3 is 2.55 bits per heavy atom. The lowest BCUT2D eigenvalue weighted by atomic mass is 10.1. The largest absolute Gasteiger partial charge is 0.416 e. The summed E-state index contributed by atoms with van der Waals surface area (Å²) in [4.78, 5) is 16.6. The Morgan fingerprint density at radius 1 is 1.17 bits per heavy atom. The smallest absolute Gasteiger partial charge is 0.398 e. The van der Waals surface area contributed by atoms with Crippen molar-refractivity contribution in [1.82, 2.24) is 4.98 Å². The number of halogens is 3. The molecule has 0 unspecified atom stereocenters. The number of benzene rings is 2. The van der Waals surface area contributed by atoms with Gasteiger partial charge in [-0.05, 0) is 48.0 Å². The van der Waals surface area contributed by atoms with Gasteiger partial charge in [-0.25, -0.2) is 0 Å². The Kier molecular flexibility index (Phi) is 5.84. The minimum Gasteiger partial charge on any atom is -0.398 e. The van der Waals surface area contributed by atoms with Gasteiger partial charge in [0, 0.05) is 29.9 Å². The Hall–Kier alpha value is -3.39. The summed E-state index contributed by atoms with van der Waals surface area (Å²) >= 11 is 0. The van der Waals surface area contributed by atoms with E-state index in [0.29, 0.717) is 40.1 Å². The van der Waals surface area contributed by atoms with Crippen molar-refractivity contribution in [2.75, 3.05) is 18.2 Å². The molecule has 0 aliphatic rings. The molecular weight excluding hydrogens is 383 g/mol. The van der Waals surface area contributed by atoms with Crippen molar-refractivity contribution >= 4 is 34.3 Å². The summed E-state index contributed by atoms with van der Waals surface area (Å²) in [5.41, 5.74) is 8.21. The fourth-order valence-corrected chi connectivity index (χ4v) is 2.75. The van der Waals surface area contributed by atoms with Gasteiger partial charge < -0.3 is 15.8 Å². The van der Waals surface area contributed by atoms with Gasteiger partial charge in [-0.3, -0.25) is 9.78 Å². The van der Waals surface area contributed by atoms with Crippen LogP contribution < -0.4 is 11.1 Å². The highest BCUT2D eigenvalue weighted by molar-refractivity contribution is 6.03. The van der Waals surface area contributed by atoms with Crippen molar-refractivity contribution in [2.45, 2.75) is 12.8 Å². The predicted molar refractivity (Wildman–Crippen MR) is 106 cm³/mol. The number of amides is 1. The minimum atomic E-state index is -4.39. The van der Waals surface area contributed by atoms with Crippen LogP contribution in [0.15, 0.2) is 54.6 Å². The van der Waals surface area contributed by atoms with Gasteiger partial charge in [0.1, 0.15) is 0 Å². The Labute approximate surface area is 165 Å². The van der Waals surface area contributed by atoms with Crippen LogP contribution in [0, 0.1) is 0 Å². The molecule has 3 N–H and O–H groups in total. The van der Waals surface area contributed by atoms with Gasteiger partial charge in [-0.1, -0.05) is 12.1 Å². The number of ether oxygens (including phenoxy) is 1. The number of methoxy groups -OCH3 is 1. The van der Waals surface area contributed by atoms with Crippen LogP contribution in [-0.2, 0) is 22.3 Å². The molecule has 8 heteroatoms. The van der Waals surface area contributed by atoms with Crippen LogP contribution in [-0.4, -0.2) is 18.0 Å². The second-order valence-electron chi connectivity index (χ2n) is 6.31. The van der Waals surface area contributed by atoms with Crippen molar-refractivity contribution in [3.05, 3.63) is 71.4 Å². The number of hydrogen-bond acceptors (Lipinski definition) is 4. The number of aromatic nitrogens is 1. The number of fused-ring (bicyclic) bond motifs is 1. The van der Waals surface area contributed by atoms with Gasteiger partial charge in [-0.15, -0.1) is 0 Å². The predicted octanol–water partition coefficient (Wildman–Crippen LogP) is 4.63. The average molecular weight is 401 g/mol. The fraction of sp³-hybridized carbons (Fsp3) is 0.143. The van der Waals surface area contributed by atoms with Crippen molar-refractivity contribution < 1.29 is 22.7 Å². The molecule has 0 bridgehead atoms. The molecule has 1 amide bonds. The van der Waals surface area contributed by atoms with Gasteiger partial charge >= 0.3 is 6.18 Å². The van der Waals surface area contributed by atoms with Crippen LogP contribution in [0.1, 0.15) is 16.8 Å². The molecule has 1 heterocycles. The van der Waals surface area contributed by atoms with Crippen molar-refractivity contribution in [3.8, 4) is 0 Å². The number of nitrogens with one attached hydrogen (secondary N) is 1. The number of nitrogen functional groups attached to an aromatic ring is 1. The molecule has 29 heavy (non-hydrogen) atoms. The summed E-state index contributed by atoms with van der Waals surface area (Å²) in [7, 11) is 1.57. The summed E-state index contributed by atoms with van der Waals surface area (Å²) in [5, 5.41) is 3.38. The lowest BCUT2D eigenvalue weighted by Gasteiger charge is -2.08. The van der Waals surface area contributed by atoms with E-state index in [9.17, 15) is 18.0 Å². The van der Waals surface area contributed by atoms with Gasteiger partial charge in [0.05, 0.1) is 23.4 Å². The molecule has 2 aromatic carbocycles. The normalized spacial score (nSPS) is 11.9. The number of carbonyl (C=O) groups is 1. The molecule has 5 nitrogen and oxygen atoms in total. The Balaban J connectivity index is 1.71. The molecule has 0 atom stereocenters. The van der Waals surface area contributed by atoms with Crippen molar-refractivity contribution in [1.29, 1.82) is 0 Å². The number of hydrogen-bond donors (Lipinski definition) is 2. The SMILES string of the molecule is COCc1cc(N)c2cc(NC(=O)/C=C/c3ccc(C(F)(F)F)cc3)ccc2n1. The molecular formula is C21H18F3N3O2. The second-order valence-corrected chi connectivity index (χ2v) is 6.31. The number of nitrogens with two attached hydrogens (primary N) is 1. The average Bonchev–Trinajstić information content (AvgIpc) is 2.67. The van der Waals surface area contributed by atoms with Crippen molar-refractivity contribution in [3.63, 3.8) is 0 Å². The molecule has 3 rings (SSSR count). The summed E-state index contributed by atoms with van der Waals surface area (Å²) in [6.45, 7) is 0.341. The van der Waals surface area contributed by atoms with Crippen LogP contribution in [0.4, 0.5) is 24.5 Å². The van der Waals surface area contributed by atoms with Gasteiger partial charge in [0.25, 0.3) is 0 Å². The van der Waals surface area contributed by atoms with Gasteiger partial charge in [-0.2, -0.15) is 13.2 Å². The van der Waals surface area contributed by atoms with Crippen molar-refractivity contribution in [2.24, 2.45) is 0 Å². The number of anilines is 2. The first kappa shape index (κ1) is 20.3. The molecule has 0 radical (unpaired) electrons. The third-order valence-electron chi connectivity index (χ3n) is 4.12. The highest BCUT2D eigenvalue weighted by Crippen LogP contribution is 2.29. The lowest BCUT2D eigenvalue weighted by Crippen LogP contribution is -2.08. The highest BCUT2D eigenvalue weighted by atomic mass is 19.4. The van der Waals surface area contributed by atoms with E-state index in [-0.39, 0.29) is 0 Å². The van der Waals surface area contributed by atoms with E-state index >= 15 is 0 Å². The number of carbonyl (C=O) groups excluding carboxylic acids is 1. The van der Waals surface area contributed by atoms with Crippen LogP contribution in [0.25, 0.3) is 17.0 Å². The molecule has 0 fully saturated rings. The van der Waals surface area contributed by atoms with Gasteiger partial charge in [0.15, 0.2) is 0 Å². The highest BCUT2D eigenvalue weighted by Gasteiger charge is 2.29. The molecule has 0 spiro atoms. The number of alkyl halides is 3. The molecule has 3 aromatic rings. The van der Waals surface area contributed by atoms with E-state index in [1.165, 1.54) is 24.3 Å². The molecule has 0 saturated heterocycles. The third kappa shape index (κ3) is 5.11. The number of rotatable bonds is 5. The van der Waals surface area contributed by atoms with Gasteiger partial charge in [0.2, 0.25) is 5.91 Å².